The van der Waals surface area contributed by atoms with Crippen LogP contribution in [0.15, 0.2) is 61.2 Å². The highest BCUT2D eigenvalue weighted by Crippen LogP contribution is 2.31. The first-order valence-electron chi connectivity index (χ1n) is 11.7. The Morgan fingerprint density at radius 3 is 2.53 bits per heavy atom. The number of imidazole rings is 1. The molecule has 0 aliphatic carbocycles. The standard InChI is InChI=1S/C28H28FN5O2/c1-17-10-21(20-7-8-22(23(29)13-20)28(3,4)35)27-31-26(32-34(27)14-17)12-19-6-9-24(25(11-19)36-5)33-15-18(2)30-16-33/h6-11,13-16,35H,12H2,1-5H3. The molecule has 0 fully saturated rings. The molecule has 0 radical (unpaired) electrons. The second-order valence-electron chi connectivity index (χ2n) is 9.59. The molecule has 0 saturated heterocycles. The van der Waals surface area contributed by atoms with Gasteiger partial charge >= 0.3 is 0 Å². The maximum atomic E-state index is 14.8. The number of hydrogen-bond acceptors (Lipinski definition) is 5. The Labute approximate surface area is 208 Å². The minimum atomic E-state index is -1.26. The summed E-state index contributed by atoms with van der Waals surface area (Å²) in [6.07, 6.45) is 6.12. The minimum Gasteiger partial charge on any atom is -0.495 e. The van der Waals surface area contributed by atoms with E-state index in [1.807, 2.05) is 55.1 Å². The fraction of sp³-hybridized carbons (Fsp3) is 0.250. The summed E-state index contributed by atoms with van der Waals surface area (Å²) < 4.78 is 24.1. The van der Waals surface area contributed by atoms with Crippen molar-refractivity contribution in [1.29, 1.82) is 0 Å². The summed E-state index contributed by atoms with van der Waals surface area (Å²) in [5.74, 6) is 0.913. The number of halogens is 1. The Morgan fingerprint density at radius 2 is 1.86 bits per heavy atom. The molecule has 5 aromatic rings. The largest absolute Gasteiger partial charge is 0.495 e. The highest BCUT2D eigenvalue weighted by Gasteiger charge is 2.21. The van der Waals surface area contributed by atoms with E-state index >= 15 is 0 Å². The summed E-state index contributed by atoms with van der Waals surface area (Å²) in [6.45, 7) is 7.04. The Hall–Kier alpha value is -4.04. The van der Waals surface area contributed by atoms with E-state index in [0.29, 0.717) is 23.5 Å². The van der Waals surface area contributed by atoms with Gasteiger partial charge in [-0.25, -0.2) is 18.9 Å². The molecule has 5 rings (SSSR count). The van der Waals surface area contributed by atoms with Gasteiger partial charge in [0.2, 0.25) is 0 Å². The maximum Gasteiger partial charge on any atom is 0.163 e. The lowest BCUT2D eigenvalue weighted by Gasteiger charge is -2.19. The second kappa shape index (κ2) is 8.87. The summed E-state index contributed by atoms with van der Waals surface area (Å²) in [4.78, 5) is 9.08. The first-order valence-corrected chi connectivity index (χ1v) is 11.7. The van der Waals surface area contributed by atoms with Crippen molar-refractivity contribution < 1.29 is 14.2 Å². The highest BCUT2D eigenvalue weighted by atomic mass is 19.1. The normalized spacial score (nSPS) is 11.9. The molecular weight excluding hydrogens is 457 g/mol. The molecule has 1 N–H and O–H groups in total. The first kappa shape index (κ1) is 23.7. The summed E-state index contributed by atoms with van der Waals surface area (Å²) >= 11 is 0. The zero-order valence-electron chi connectivity index (χ0n) is 21.0. The van der Waals surface area contributed by atoms with Crippen LogP contribution < -0.4 is 4.74 Å². The topological polar surface area (TPSA) is 77.5 Å². The molecule has 7 nitrogen and oxygen atoms in total. The third kappa shape index (κ3) is 4.47. The molecule has 0 saturated carbocycles. The van der Waals surface area contributed by atoms with Crippen LogP contribution in [0.3, 0.4) is 0 Å². The van der Waals surface area contributed by atoms with E-state index in [4.69, 9.17) is 9.72 Å². The van der Waals surface area contributed by atoms with E-state index < -0.39 is 11.4 Å². The van der Waals surface area contributed by atoms with Crippen molar-refractivity contribution in [3.8, 4) is 22.6 Å². The average molecular weight is 486 g/mol. The molecule has 0 atom stereocenters. The van der Waals surface area contributed by atoms with Gasteiger partial charge < -0.3 is 14.4 Å². The molecule has 36 heavy (non-hydrogen) atoms. The van der Waals surface area contributed by atoms with Gasteiger partial charge in [-0.05, 0) is 68.7 Å². The molecule has 184 valence electrons. The van der Waals surface area contributed by atoms with Crippen molar-refractivity contribution in [2.75, 3.05) is 7.11 Å². The lowest BCUT2D eigenvalue weighted by atomic mass is 9.95. The van der Waals surface area contributed by atoms with Crippen LogP contribution in [0.1, 0.15) is 42.1 Å². The summed E-state index contributed by atoms with van der Waals surface area (Å²) in [6, 6.07) is 12.8. The van der Waals surface area contributed by atoms with Crippen LogP contribution in [-0.2, 0) is 12.0 Å². The van der Waals surface area contributed by atoms with Crippen molar-refractivity contribution in [2.24, 2.45) is 0 Å². The van der Waals surface area contributed by atoms with Crippen LogP contribution in [0.2, 0.25) is 0 Å². The Kier molecular flexibility index (Phi) is 5.84. The molecule has 8 heteroatoms. The number of aryl methyl sites for hydroxylation is 2. The predicted octanol–water partition coefficient (Wildman–Crippen LogP) is 5.16. The second-order valence-corrected chi connectivity index (χ2v) is 9.59. The van der Waals surface area contributed by atoms with Crippen molar-refractivity contribution in [2.45, 2.75) is 39.7 Å². The van der Waals surface area contributed by atoms with Gasteiger partial charge in [0.15, 0.2) is 11.5 Å². The Morgan fingerprint density at radius 1 is 1.06 bits per heavy atom. The highest BCUT2D eigenvalue weighted by molar-refractivity contribution is 5.78. The van der Waals surface area contributed by atoms with Gasteiger partial charge in [0, 0.05) is 29.9 Å². The van der Waals surface area contributed by atoms with Crippen molar-refractivity contribution >= 4 is 5.65 Å². The van der Waals surface area contributed by atoms with Gasteiger partial charge in [-0.2, -0.15) is 5.10 Å². The lowest BCUT2D eigenvalue weighted by Crippen LogP contribution is -2.17. The van der Waals surface area contributed by atoms with Crippen LogP contribution in [-0.4, -0.2) is 36.4 Å². The van der Waals surface area contributed by atoms with Gasteiger partial charge in [-0.1, -0.05) is 18.2 Å². The molecule has 0 unspecified atom stereocenters. The average Bonchev–Trinajstić information content (AvgIpc) is 3.43. The van der Waals surface area contributed by atoms with E-state index in [2.05, 4.69) is 10.1 Å². The number of aromatic nitrogens is 5. The van der Waals surface area contributed by atoms with Gasteiger partial charge in [-0.15, -0.1) is 0 Å². The number of pyridine rings is 1. The van der Waals surface area contributed by atoms with Crippen LogP contribution in [0.4, 0.5) is 4.39 Å². The predicted molar refractivity (Wildman–Crippen MR) is 136 cm³/mol. The number of ether oxygens (including phenoxy) is 1. The zero-order valence-corrected chi connectivity index (χ0v) is 21.0. The van der Waals surface area contributed by atoms with E-state index in [1.165, 1.54) is 6.07 Å². The Balaban J connectivity index is 1.51. The molecule has 3 heterocycles. The van der Waals surface area contributed by atoms with Gasteiger partial charge in [-0.3, -0.25) is 0 Å². The summed E-state index contributed by atoms with van der Waals surface area (Å²) in [5, 5.41) is 14.9. The van der Waals surface area contributed by atoms with Crippen LogP contribution >= 0.6 is 0 Å². The SMILES string of the molecule is COc1cc(Cc2nc3c(-c4ccc(C(C)(C)O)c(F)c4)cc(C)cn3n2)ccc1-n1cnc(C)c1. The van der Waals surface area contributed by atoms with Gasteiger partial charge in [0.05, 0.1) is 30.4 Å². The molecule has 2 aromatic carbocycles. The smallest absolute Gasteiger partial charge is 0.163 e. The fourth-order valence-corrected chi connectivity index (χ4v) is 4.41. The third-order valence-corrected chi connectivity index (χ3v) is 6.15. The lowest BCUT2D eigenvalue weighted by molar-refractivity contribution is 0.0746. The molecule has 0 aliphatic rings. The number of hydrogen-bond donors (Lipinski definition) is 1. The maximum absolute atomic E-state index is 14.8. The minimum absolute atomic E-state index is 0.250. The van der Waals surface area contributed by atoms with Gasteiger partial charge in [0.25, 0.3) is 0 Å². The van der Waals surface area contributed by atoms with Crippen molar-refractivity contribution in [3.63, 3.8) is 0 Å². The van der Waals surface area contributed by atoms with Gasteiger partial charge in [0.1, 0.15) is 11.6 Å². The first-order chi connectivity index (χ1) is 17.1. The van der Waals surface area contributed by atoms with Crippen molar-refractivity contribution in [1.82, 2.24) is 24.1 Å². The number of methoxy groups -OCH3 is 1. The fourth-order valence-electron chi connectivity index (χ4n) is 4.41. The number of aliphatic hydroxyl groups is 1. The number of fused-ring (bicyclic) bond motifs is 1. The third-order valence-electron chi connectivity index (χ3n) is 6.15. The molecule has 0 aliphatic heterocycles. The van der Waals surface area contributed by atoms with E-state index in [-0.39, 0.29) is 5.56 Å². The molecular formula is C28H28FN5O2. The van der Waals surface area contributed by atoms with Crippen molar-refractivity contribution in [3.05, 3.63) is 95.2 Å². The quantitative estimate of drug-likeness (QED) is 0.359. The number of benzene rings is 2. The molecule has 0 bridgehead atoms. The summed E-state index contributed by atoms with van der Waals surface area (Å²) in [7, 11) is 1.65. The zero-order chi connectivity index (χ0) is 25.6. The van der Waals surface area contributed by atoms with E-state index in [1.54, 1.807) is 43.9 Å². The van der Waals surface area contributed by atoms with Crippen LogP contribution in [0.5, 0.6) is 5.75 Å². The monoisotopic (exact) mass is 485 g/mol. The van der Waals surface area contributed by atoms with E-state index in [0.717, 1.165) is 33.8 Å². The molecule has 0 amide bonds. The van der Waals surface area contributed by atoms with Crippen LogP contribution in [0.25, 0.3) is 22.5 Å². The summed E-state index contributed by atoms with van der Waals surface area (Å²) in [5.41, 5.74) is 4.89. The van der Waals surface area contributed by atoms with E-state index in [9.17, 15) is 9.50 Å². The number of rotatable bonds is 6. The van der Waals surface area contributed by atoms with Crippen LogP contribution in [0, 0.1) is 19.7 Å². The molecule has 3 aromatic heterocycles. The molecule has 0 spiro atoms. The Bertz CT molecular complexity index is 1580. The number of nitrogens with zero attached hydrogens (tertiary/aromatic N) is 5.